The predicted molar refractivity (Wildman–Crippen MR) is 76.7 cm³/mol. The molecule has 0 aromatic rings. The first-order valence-corrected chi connectivity index (χ1v) is 8.88. The number of carbonyl (C=O) groups is 1. The number of ether oxygens (including phenoxy) is 5. The van der Waals surface area contributed by atoms with E-state index in [0.29, 0.717) is 13.2 Å². The zero-order chi connectivity index (χ0) is 18.7. The third-order valence-corrected chi connectivity index (χ3v) is 4.37. The highest BCUT2D eigenvalue weighted by molar-refractivity contribution is 7.86. The maximum absolute atomic E-state index is 13.2. The van der Waals surface area contributed by atoms with Crippen LogP contribution >= 0.6 is 0 Å². The maximum Gasteiger partial charge on any atom is 0.402 e. The molecule has 25 heavy (non-hydrogen) atoms. The molecule has 2 aliphatic heterocycles. The summed E-state index contributed by atoms with van der Waals surface area (Å²) in [7, 11) is -5.69. The van der Waals surface area contributed by atoms with Crippen molar-refractivity contribution in [1.29, 1.82) is 0 Å². The highest BCUT2D eigenvalue weighted by atomic mass is 32.2. The molecule has 2 atom stereocenters. The quantitative estimate of drug-likeness (QED) is 0.275. The van der Waals surface area contributed by atoms with E-state index in [1.165, 1.54) is 6.92 Å². The molecule has 2 rings (SSSR count). The second-order valence-electron chi connectivity index (χ2n) is 6.19. The van der Waals surface area contributed by atoms with E-state index in [4.69, 9.17) is 23.5 Å². The van der Waals surface area contributed by atoms with E-state index in [-0.39, 0.29) is 38.6 Å². The van der Waals surface area contributed by atoms with E-state index in [1.54, 1.807) is 0 Å². The highest BCUT2D eigenvalue weighted by Gasteiger charge is 2.47. The zero-order valence-electron chi connectivity index (χ0n) is 13.5. The van der Waals surface area contributed by atoms with Crippen LogP contribution < -0.4 is 0 Å². The lowest BCUT2D eigenvalue weighted by molar-refractivity contribution is -0.169. The Labute approximate surface area is 143 Å². The van der Waals surface area contributed by atoms with Crippen LogP contribution in [0.1, 0.15) is 6.92 Å². The van der Waals surface area contributed by atoms with Gasteiger partial charge in [0.2, 0.25) is 0 Å². The Kier molecular flexibility index (Phi) is 6.33. The fourth-order valence-electron chi connectivity index (χ4n) is 1.72. The maximum atomic E-state index is 13.2. The molecule has 2 aliphatic rings. The van der Waals surface area contributed by atoms with Crippen LogP contribution in [0.5, 0.6) is 0 Å². The van der Waals surface area contributed by atoms with Crippen LogP contribution in [0.15, 0.2) is 0 Å². The van der Waals surface area contributed by atoms with E-state index >= 15 is 0 Å². The SMILES string of the molecule is CC(COCC1CO1)(COCC1CO1)C(=O)OCC(F)(F)S(=O)(=O)O. The minimum atomic E-state index is -5.69. The topological polar surface area (TPSA) is 124 Å². The second kappa shape index (κ2) is 7.76. The molecule has 0 aliphatic carbocycles. The first-order valence-electron chi connectivity index (χ1n) is 7.44. The zero-order valence-corrected chi connectivity index (χ0v) is 14.3. The van der Waals surface area contributed by atoms with Gasteiger partial charge in [0.15, 0.2) is 6.61 Å². The van der Waals surface area contributed by atoms with Crippen molar-refractivity contribution < 1.29 is 50.2 Å². The molecule has 9 nitrogen and oxygen atoms in total. The van der Waals surface area contributed by atoms with Crippen molar-refractivity contribution in [3.63, 3.8) is 0 Å². The monoisotopic (exact) mass is 390 g/mol. The number of epoxide rings is 2. The second-order valence-corrected chi connectivity index (χ2v) is 7.74. The average molecular weight is 390 g/mol. The van der Waals surface area contributed by atoms with Crippen molar-refractivity contribution in [2.75, 3.05) is 46.2 Å². The summed E-state index contributed by atoms with van der Waals surface area (Å²) < 4.78 is 80.9. The normalized spacial score (nSPS) is 25.3. The largest absolute Gasteiger partial charge is 0.457 e. The number of hydrogen-bond donors (Lipinski definition) is 1. The van der Waals surface area contributed by atoms with Gasteiger partial charge in [0.05, 0.1) is 39.6 Å². The lowest BCUT2D eigenvalue weighted by Gasteiger charge is -2.27. The minimum absolute atomic E-state index is 0.0649. The summed E-state index contributed by atoms with van der Waals surface area (Å²) in [5.41, 5.74) is -1.45. The van der Waals surface area contributed by atoms with Gasteiger partial charge in [-0.1, -0.05) is 0 Å². The third-order valence-electron chi connectivity index (χ3n) is 3.49. The number of halogens is 2. The minimum Gasteiger partial charge on any atom is -0.457 e. The molecule has 0 amide bonds. The molecule has 0 spiro atoms. The van der Waals surface area contributed by atoms with Crippen LogP contribution in [0.3, 0.4) is 0 Å². The van der Waals surface area contributed by atoms with Crippen LogP contribution in [0, 0.1) is 5.41 Å². The Morgan fingerprint density at radius 2 is 1.56 bits per heavy atom. The van der Waals surface area contributed by atoms with Gasteiger partial charge < -0.3 is 23.7 Å². The Balaban J connectivity index is 1.89. The molecule has 0 aromatic heterocycles. The smallest absolute Gasteiger partial charge is 0.402 e. The molecular formula is C13H20F2O9S. The molecule has 1 N–H and O–H groups in total. The van der Waals surface area contributed by atoms with Crippen LogP contribution in [0.4, 0.5) is 8.78 Å². The summed E-state index contributed by atoms with van der Waals surface area (Å²) in [6, 6.07) is 0. The predicted octanol–water partition coefficient (Wildman–Crippen LogP) is -0.153. The molecular weight excluding hydrogens is 370 g/mol. The van der Waals surface area contributed by atoms with Gasteiger partial charge in [0.1, 0.15) is 17.6 Å². The lowest BCUT2D eigenvalue weighted by Crippen LogP contribution is -2.43. The standard InChI is InChI=1S/C13H20F2O9S/c1-12(6-20-2-9-4-22-9,7-21-3-10-5-23-10)11(16)24-8-13(14,15)25(17,18)19/h9-10H,2-8H2,1H3,(H,17,18,19). The van der Waals surface area contributed by atoms with Gasteiger partial charge in [-0.25, -0.2) is 0 Å². The van der Waals surface area contributed by atoms with Crippen LogP contribution in [-0.2, 0) is 38.6 Å². The van der Waals surface area contributed by atoms with Gasteiger partial charge in [-0.3, -0.25) is 9.35 Å². The van der Waals surface area contributed by atoms with Crippen LogP contribution in [-0.4, -0.2) is 82.7 Å². The first kappa shape index (κ1) is 20.4. The summed E-state index contributed by atoms with van der Waals surface area (Å²) in [6.45, 7) is 0.684. The molecule has 0 saturated carbocycles. The number of hydrogen-bond acceptors (Lipinski definition) is 8. The molecule has 0 aromatic carbocycles. The number of alkyl halides is 2. The van der Waals surface area contributed by atoms with E-state index in [1.807, 2.05) is 0 Å². The number of carbonyl (C=O) groups excluding carboxylic acids is 1. The molecule has 2 saturated heterocycles. The van der Waals surface area contributed by atoms with E-state index in [2.05, 4.69) is 4.74 Å². The summed E-state index contributed by atoms with van der Waals surface area (Å²) in [6.07, 6.45) is -0.130. The molecule has 2 heterocycles. The van der Waals surface area contributed by atoms with Gasteiger partial charge in [0, 0.05) is 0 Å². The van der Waals surface area contributed by atoms with Crippen molar-refractivity contribution in [1.82, 2.24) is 0 Å². The Morgan fingerprint density at radius 3 is 1.92 bits per heavy atom. The van der Waals surface area contributed by atoms with Crippen LogP contribution in [0.2, 0.25) is 0 Å². The lowest BCUT2D eigenvalue weighted by atomic mass is 9.93. The average Bonchev–Trinajstić information content (AvgIpc) is 3.38. The molecule has 2 unspecified atom stereocenters. The Morgan fingerprint density at radius 1 is 1.12 bits per heavy atom. The molecule has 12 heteroatoms. The van der Waals surface area contributed by atoms with Crippen molar-refractivity contribution in [3.05, 3.63) is 0 Å². The molecule has 0 radical (unpaired) electrons. The fraction of sp³-hybridized carbons (Fsp3) is 0.923. The summed E-state index contributed by atoms with van der Waals surface area (Å²) >= 11 is 0. The van der Waals surface area contributed by atoms with Gasteiger partial charge in [-0.15, -0.1) is 0 Å². The van der Waals surface area contributed by atoms with Crippen molar-refractivity contribution in [2.24, 2.45) is 5.41 Å². The van der Waals surface area contributed by atoms with Gasteiger partial charge in [-0.2, -0.15) is 17.2 Å². The Hall–Kier alpha value is -0.920. The highest BCUT2D eigenvalue weighted by Crippen LogP contribution is 2.26. The van der Waals surface area contributed by atoms with Crippen LogP contribution in [0.25, 0.3) is 0 Å². The van der Waals surface area contributed by atoms with Gasteiger partial charge in [0.25, 0.3) is 0 Å². The van der Waals surface area contributed by atoms with E-state index in [9.17, 15) is 22.0 Å². The number of rotatable bonds is 12. The van der Waals surface area contributed by atoms with Crippen molar-refractivity contribution in [3.8, 4) is 0 Å². The van der Waals surface area contributed by atoms with E-state index < -0.39 is 33.4 Å². The van der Waals surface area contributed by atoms with Crippen molar-refractivity contribution in [2.45, 2.75) is 24.4 Å². The van der Waals surface area contributed by atoms with Crippen molar-refractivity contribution >= 4 is 16.1 Å². The fourth-order valence-corrected chi connectivity index (χ4v) is 1.93. The molecule has 2 fully saturated rings. The summed E-state index contributed by atoms with van der Waals surface area (Å²) in [4.78, 5) is 12.2. The van der Waals surface area contributed by atoms with E-state index in [0.717, 1.165) is 0 Å². The van der Waals surface area contributed by atoms with Gasteiger partial charge >= 0.3 is 21.3 Å². The molecule has 146 valence electrons. The summed E-state index contributed by atoms with van der Waals surface area (Å²) in [5.74, 6) is -1.13. The summed E-state index contributed by atoms with van der Waals surface area (Å²) in [5, 5.41) is -4.60. The molecule has 0 bridgehead atoms. The Bertz CT molecular complexity index is 554. The first-order chi connectivity index (χ1) is 11.5. The third kappa shape index (κ3) is 6.38. The van der Waals surface area contributed by atoms with Gasteiger partial charge in [-0.05, 0) is 6.92 Å². The number of esters is 1.